The fourth-order valence-corrected chi connectivity index (χ4v) is 4.55. The Labute approximate surface area is 197 Å². The van der Waals surface area contributed by atoms with Crippen LogP contribution in [0.2, 0.25) is 0 Å². The van der Waals surface area contributed by atoms with Crippen LogP contribution in [-0.4, -0.2) is 64.3 Å². The first-order chi connectivity index (χ1) is 16.6. The monoisotopic (exact) mass is 458 g/mol. The summed E-state index contributed by atoms with van der Waals surface area (Å²) >= 11 is 0. The standard InChI is InChI=1S/C25H26N6O3/c26-12-16-1-3-20-19(11-16)17(5-8-27-20)6-9-31-10-7-21(22(32)14-31)28-13-18-2-4-23-25(29-18)30-24(33)15-34-23/h1-5,8,11,21-22,28,32H,6-7,9-10,13-15H2,(H,29,30,33)/t21-,22+/m0/s1. The van der Waals surface area contributed by atoms with Gasteiger partial charge in [0.2, 0.25) is 0 Å². The number of ether oxygens (including phenoxy) is 1. The molecule has 0 bridgehead atoms. The second-order valence-corrected chi connectivity index (χ2v) is 8.69. The number of aromatic nitrogens is 2. The van der Waals surface area contributed by atoms with Crippen LogP contribution in [0.5, 0.6) is 5.75 Å². The largest absolute Gasteiger partial charge is 0.480 e. The number of amides is 1. The average molecular weight is 459 g/mol. The van der Waals surface area contributed by atoms with E-state index in [1.165, 1.54) is 0 Å². The Morgan fingerprint density at radius 2 is 2.21 bits per heavy atom. The van der Waals surface area contributed by atoms with E-state index >= 15 is 0 Å². The van der Waals surface area contributed by atoms with Crippen LogP contribution >= 0.6 is 0 Å². The molecule has 1 saturated heterocycles. The number of nitrogens with zero attached hydrogens (tertiary/aromatic N) is 4. The number of hydrogen-bond donors (Lipinski definition) is 3. The van der Waals surface area contributed by atoms with Gasteiger partial charge in [0.05, 0.1) is 28.9 Å². The molecule has 0 spiro atoms. The number of piperidine rings is 1. The van der Waals surface area contributed by atoms with Gasteiger partial charge in [0.1, 0.15) is 0 Å². The Morgan fingerprint density at radius 1 is 1.29 bits per heavy atom. The first-order valence-electron chi connectivity index (χ1n) is 11.4. The Kier molecular flexibility index (Phi) is 6.36. The molecule has 2 atom stereocenters. The number of fused-ring (bicyclic) bond motifs is 2. The molecule has 9 heteroatoms. The van der Waals surface area contributed by atoms with Crippen LogP contribution in [0.1, 0.15) is 23.2 Å². The van der Waals surface area contributed by atoms with Crippen LogP contribution in [0.3, 0.4) is 0 Å². The molecule has 0 aliphatic carbocycles. The van der Waals surface area contributed by atoms with Gasteiger partial charge in [0, 0.05) is 37.3 Å². The zero-order valence-corrected chi connectivity index (χ0v) is 18.7. The first kappa shape index (κ1) is 22.2. The Bertz CT molecular complexity index is 1260. The van der Waals surface area contributed by atoms with Crippen molar-refractivity contribution in [2.24, 2.45) is 0 Å². The molecule has 174 valence electrons. The number of hydrogen-bond acceptors (Lipinski definition) is 8. The number of anilines is 1. The van der Waals surface area contributed by atoms with Crippen molar-refractivity contribution in [3.05, 3.63) is 59.4 Å². The topological polar surface area (TPSA) is 123 Å². The molecule has 2 aromatic heterocycles. The van der Waals surface area contributed by atoms with Crippen LogP contribution in [-0.2, 0) is 17.8 Å². The van der Waals surface area contributed by atoms with Crippen LogP contribution in [0.25, 0.3) is 10.9 Å². The Hall–Kier alpha value is -3.58. The highest BCUT2D eigenvalue weighted by molar-refractivity contribution is 5.94. The molecule has 4 heterocycles. The summed E-state index contributed by atoms with van der Waals surface area (Å²) < 4.78 is 5.35. The fourth-order valence-electron chi connectivity index (χ4n) is 4.55. The van der Waals surface area contributed by atoms with E-state index in [-0.39, 0.29) is 18.6 Å². The summed E-state index contributed by atoms with van der Waals surface area (Å²) in [6.45, 7) is 2.80. The number of nitriles is 1. The molecule has 1 fully saturated rings. The first-order valence-corrected chi connectivity index (χ1v) is 11.4. The van der Waals surface area contributed by atoms with E-state index in [0.29, 0.717) is 30.2 Å². The minimum atomic E-state index is -0.492. The Morgan fingerprint density at radius 3 is 3.06 bits per heavy atom. The van der Waals surface area contributed by atoms with Gasteiger partial charge >= 0.3 is 0 Å². The van der Waals surface area contributed by atoms with Crippen LogP contribution in [0.15, 0.2) is 42.6 Å². The van der Waals surface area contributed by atoms with Crippen molar-refractivity contribution in [2.45, 2.75) is 31.5 Å². The second-order valence-electron chi connectivity index (χ2n) is 8.69. The lowest BCUT2D eigenvalue weighted by Gasteiger charge is -2.36. The maximum atomic E-state index is 11.5. The molecule has 9 nitrogen and oxygen atoms in total. The highest BCUT2D eigenvalue weighted by Crippen LogP contribution is 2.25. The van der Waals surface area contributed by atoms with Gasteiger partial charge in [0.15, 0.2) is 18.2 Å². The molecule has 0 unspecified atom stereocenters. The molecule has 2 aliphatic rings. The third kappa shape index (κ3) is 4.84. The van der Waals surface area contributed by atoms with E-state index in [1.54, 1.807) is 18.3 Å². The van der Waals surface area contributed by atoms with Crippen LogP contribution in [0.4, 0.5) is 5.82 Å². The quantitative estimate of drug-likeness (QED) is 0.509. The van der Waals surface area contributed by atoms with Gasteiger partial charge in [-0.15, -0.1) is 0 Å². The number of likely N-dealkylation sites (tertiary alicyclic amines) is 1. The lowest BCUT2D eigenvalue weighted by atomic mass is 10.00. The maximum Gasteiger partial charge on any atom is 0.263 e. The van der Waals surface area contributed by atoms with Gasteiger partial charge in [-0.3, -0.25) is 9.78 Å². The number of carbonyl (C=O) groups excluding carboxylic acids is 1. The summed E-state index contributed by atoms with van der Waals surface area (Å²) in [4.78, 5) is 22.6. The summed E-state index contributed by atoms with van der Waals surface area (Å²) in [5.41, 5.74) is 3.46. The van der Waals surface area contributed by atoms with E-state index in [2.05, 4.69) is 31.6 Å². The predicted octanol–water partition coefficient (Wildman–Crippen LogP) is 1.60. The van der Waals surface area contributed by atoms with E-state index < -0.39 is 6.10 Å². The third-order valence-corrected chi connectivity index (χ3v) is 6.40. The summed E-state index contributed by atoms with van der Waals surface area (Å²) in [7, 11) is 0. The number of β-amino-alcohol motifs (C(OH)–C–C–N with tert-alkyl or cyclic N) is 1. The molecule has 3 N–H and O–H groups in total. The summed E-state index contributed by atoms with van der Waals surface area (Å²) in [6, 6.07) is 13.4. The molecule has 0 saturated carbocycles. The molecule has 3 aromatic rings. The molecular weight excluding hydrogens is 432 g/mol. The molecule has 2 aliphatic heterocycles. The number of aliphatic hydroxyl groups is 1. The molecular formula is C25H26N6O3. The highest BCUT2D eigenvalue weighted by Gasteiger charge is 2.27. The molecule has 0 radical (unpaired) electrons. The van der Waals surface area contributed by atoms with Crippen molar-refractivity contribution in [3.8, 4) is 11.8 Å². The second kappa shape index (κ2) is 9.73. The molecule has 1 aromatic carbocycles. The number of carbonyl (C=O) groups is 1. The van der Waals surface area contributed by atoms with E-state index in [0.717, 1.165) is 48.1 Å². The number of nitrogens with one attached hydrogen (secondary N) is 2. The van der Waals surface area contributed by atoms with Crippen molar-refractivity contribution < 1.29 is 14.6 Å². The number of pyridine rings is 2. The van der Waals surface area contributed by atoms with Crippen molar-refractivity contribution in [1.82, 2.24) is 20.2 Å². The predicted molar refractivity (Wildman–Crippen MR) is 126 cm³/mol. The number of benzene rings is 1. The van der Waals surface area contributed by atoms with Crippen molar-refractivity contribution in [1.29, 1.82) is 5.26 Å². The zero-order valence-electron chi connectivity index (χ0n) is 18.7. The summed E-state index contributed by atoms with van der Waals surface area (Å²) in [6.07, 6.45) is 2.96. The molecule has 34 heavy (non-hydrogen) atoms. The van der Waals surface area contributed by atoms with Crippen LogP contribution in [0, 0.1) is 11.3 Å². The maximum absolute atomic E-state index is 11.5. The van der Waals surface area contributed by atoms with E-state index in [9.17, 15) is 15.2 Å². The highest BCUT2D eigenvalue weighted by atomic mass is 16.5. The molecule has 1 amide bonds. The SMILES string of the molecule is N#Cc1ccc2nccc(CCN3CC[C@H](NCc4ccc5c(n4)NC(=O)CO5)[C@H](O)C3)c2c1. The minimum absolute atomic E-state index is 0.00926. The van der Waals surface area contributed by atoms with Gasteiger partial charge in [0.25, 0.3) is 5.91 Å². The fraction of sp³-hybridized carbons (Fsp3) is 0.360. The molecule has 5 rings (SSSR count). The van der Waals surface area contributed by atoms with E-state index in [4.69, 9.17) is 4.74 Å². The van der Waals surface area contributed by atoms with E-state index in [1.807, 2.05) is 24.3 Å². The van der Waals surface area contributed by atoms with Crippen LogP contribution < -0.4 is 15.4 Å². The normalized spacial score (nSPS) is 20.3. The van der Waals surface area contributed by atoms with Gasteiger partial charge < -0.3 is 25.4 Å². The summed E-state index contributed by atoms with van der Waals surface area (Å²) in [5, 5.41) is 27.1. The van der Waals surface area contributed by atoms with Crippen molar-refractivity contribution >= 4 is 22.6 Å². The smallest absolute Gasteiger partial charge is 0.263 e. The van der Waals surface area contributed by atoms with Gasteiger partial charge in [-0.1, -0.05) is 0 Å². The lowest BCUT2D eigenvalue weighted by Crippen LogP contribution is -2.52. The third-order valence-electron chi connectivity index (χ3n) is 6.40. The van der Waals surface area contributed by atoms with Crippen molar-refractivity contribution in [3.63, 3.8) is 0 Å². The van der Waals surface area contributed by atoms with Gasteiger partial charge in [-0.2, -0.15) is 5.26 Å². The summed E-state index contributed by atoms with van der Waals surface area (Å²) in [5.74, 6) is 0.803. The number of rotatable bonds is 6. The Balaban J connectivity index is 1.15. The minimum Gasteiger partial charge on any atom is -0.480 e. The lowest BCUT2D eigenvalue weighted by molar-refractivity contribution is -0.118. The zero-order chi connectivity index (χ0) is 23.5. The van der Waals surface area contributed by atoms with Gasteiger partial charge in [-0.05, 0) is 61.3 Å². The van der Waals surface area contributed by atoms with Crippen molar-refractivity contribution in [2.75, 3.05) is 31.6 Å². The average Bonchev–Trinajstić information content (AvgIpc) is 2.86. The van der Waals surface area contributed by atoms with Gasteiger partial charge in [-0.25, -0.2) is 4.98 Å². The number of aliphatic hydroxyl groups excluding tert-OH is 1.